The molecule has 4 nitrogen and oxygen atoms in total. The number of anilines is 2. The lowest BCUT2D eigenvalue weighted by Gasteiger charge is -2.29. The lowest BCUT2D eigenvalue weighted by Crippen LogP contribution is -2.36. The highest BCUT2D eigenvalue weighted by Crippen LogP contribution is 2.30. The predicted octanol–water partition coefficient (Wildman–Crippen LogP) is 2.04. The van der Waals surface area contributed by atoms with E-state index in [-0.39, 0.29) is 5.78 Å². The number of thiophene rings is 1. The van der Waals surface area contributed by atoms with Crippen LogP contribution in [0, 0.1) is 0 Å². The predicted molar refractivity (Wildman–Crippen MR) is 72.9 cm³/mol. The van der Waals surface area contributed by atoms with Gasteiger partial charge in [0.2, 0.25) is 0 Å². The van der Waals surface area contributed by atoms with Gasteiger partial charge in [0, 0.05) is 13.0 Å². The van der Waals surface area contributed by atoms with Crippen LogP contribution in [-0.2, 0) is 0 Å². The summed E-state index contributed by atoms with van der Waals surface area (Å²) in [5.74, 6) is 0.0453. The number of likely N-dealkylation sites (tertiary alicyclic amines) is 1. The number of rotatable bonds is 3. The summed E-state index contributed by atoms with van der Waals surface area (Å²) in [5.41, 5.74) is 6.41. The fourth-order valence-electron chi connectivity index (χ4n) is 2.11. The fraction of sp³-hybridized carbons (Fsp3) is 0.583. The Balaban J connectivity index is 1.99. The number of carbonyl (C=O) groups is 1. The van der Waals surface area contributed by atoms with Crippen LogP contribution in [0.3, 0.4) is 0 Å². The zero-order valence-corrected chi connectivity index (χ0v) is 11.1. The minimum Gasteiger partial charge on any atom is -0.397 e. The number of ketones is 1. The molecule has 0 bridgehead atoms. The van der Waals surface area contributed by atoms with E-state index in [2.05, 4.69) is 17.3 Å². The third-order valence-corrected chi connectivity index (χ3v) is 4.33. The van der Waals surface area contributed by atoms with E-state index < -0.39 is 0 Å². The van der Waals surface area contributed by atoms with Crippen LogP contribution in [-0.4, -0.2) is 36.9 Å². The first-order chi connectivity index (χ1) is 8.06. The topological polar surface area (TPSA) is 58.4 Å². The van der Waals surface area contributed by atoms with Gasteiger partial charge in [-0.05, 0) is 39.0 Å². The van der Waals surface area contributed by atoms with E-state index in [0.717, 1.165) is 30.9 Å². The van der Waals surface area contributed by atoms with Gasteiger partial charge in [0.05, 0.1) is 15.6 Å². The van der Waals surface area contributed by atoms with E-state index in [1.165, 1.54) is 11.3 Å². The van der Waals surface area contributed by atoms with Crippen molar-refractivity contribution in [2.45, 2.75) is 25.8 Å². The van der Waals surface area contributed by atoms with Crippen molar-refractivity contribution in [1.29, 1.82) is 0 Å². The highest BCUT2D eigenvalue weighted by Gasteiger charge is 2.18. The van der Waals surface area contributed by atoms with Gasteiger partial charge in [-0.1, -0.05) is 0 Å². The number of piperidine rings is 1. The molecule has 1 fully saturated rings. The number of nitrogen functional groups attached to an aromatic ring is 1. The molecule has 0 aromatic carbocycles. The van der Waals surface area contributed by atoms with Gasteiger partial charge >= 0.3 is 0 Å². The van der Waals surface area contributed by atoms with Crippen LogP contribution >= 0.6 is 11.3 Å². The number of hydrogen-bond acceptors (Lipinski definition) is 5. The van der Waals surface area contributed by atoms with Gasteiger partial charge in [-0.3, -0.25) is 4.79 Å². The molecule has 0 radical (unpaired) electrons. The van der Waals surface area contributed by atoms with Crippen LogP contribution in [0.4, 0.5) is 10.7 Å². The van der Waals surface area contributed by atoms with Crippen molar-refractivity contribution in [2.24, 2.45) is 0 Å². The zero-order valence-electron chi connectivity index (χ0n) is 10.3. The van der Waals surface area contributed by atoms with E-state index in [0.29, 0.717) is 16.6 Å². The minimum atomic E-state index is 0.0453. The van der Waals surface area contributed by atoms with Crippen molar-refractivity contribution < 1.29 is 4.79 Å². The lowest BCUT2D eigenvalue weighted by molar-refractivity contribution is 0.102. The average Bonchev–Trinajstić information content (AvgIpc) is 2.63. The quantitative estimate of drug-likeness (QED) is 0.809. The van der Waals surface area contributed by atoms with Crippen LogP contribution in [0.15, 0.2) is 6.07 Å². The first-order valence-electron chi connectivity index (χ1n) is 5.91. The molecule has 1 saturated heterocycles. The van der Waals surface area contributed by atoms with E-state index >= 15 is 0 Å². The van der Waals surface area contributed by atoms with E-state index in [4.69, 9.17) is 5.73 Å². The van der Waals surface area contributed by atoms with Gasteiger partial charge in [-0.15, -0.1) is 11.3 Å². The number of carbonyl (C=O) groups excluding carboxylic acids is 1. The number of Topliss-reactive ketones (excluding diaryl/α,β-unsaturated/α-hetero) is 1. The van der Waals surface area contributed by atoms with Crippen LogP contribution in [0.5, 0.6) is 0 Å². The van der Waals surface area contributed by atoms with Gasteiger partial charge in [0.25, 0.3) is 0 Å². The van der Waals surface area contributed by atoms with Crippen LogP contribution < -0.4 is 11.1 Å². The Morgan fingerprint density at radius 1 is 1.53 bits per heavy atom. The van der Waals surface area contributed by atoms with Gasteiger partial charge < -0.3 is 16.0 Å². The molecule has 1 aromatic rings. The average molecular weight is 253 g/mol. The summed E-state index contributed by atoms with van der Waals surface area (Å²) in [6.07, 6.45) is 2.29. The van der Waals surface area contributed by atoms with E-state index in [9.17, 15) is 4.79 Å². The molecule has 1 aliphatic rings. The molecule has 1 aromatic heterocycles. The number of nitrogens with two attached hydrogens (primary N) is 1. The number of hydrogen-bond donors (Lipinski definition) is 2. The molecular formula is C12H19N3OS. The molecule has 3 N–H and O–H groups in total. The maximum atomic E-state index is 11.3. The maximum absolute atomic E-state index is 11.3. The van der Waals surface area contributed by atoms with Crippen molar-refractivity contribution in [3.63, 3.8) is 0 Å². The molecule has 5 heteroatoms. The van der Waals surface area contributed by atoms with Crippen LogP contribution in [0.1, 0.15) is 29.4 Å². The summed E-state index contributed by atoms with van der Waals surface area (Å²) in [5, 5.41) is 4.49. The molecule has 0 saturated carbocycles. The Hall–Kier alpha value is -1.07. The highest BCUT2D eigenvalue weighted by atomic mass is 32.1. The van der Waals surface area contributed by atoms with Crippen molar-refractivity contribution in [3.05, 3.63) is 10.9 Å². The normalized spacial score (nSPS) is 18.2. The van der Waals surface area contributed by atoms with Gasteiger partial charge in [-0.2, -0.15) is 0 Å². The Kier molecular flexibility index (Phi) is 3.69. The summed E-state index contributed by atoms with van der Waals surface area (Å²) >= 11 is 1.46. The molecule has 0 atom stereocenters. The standard InChI is InChI=1S/C12H19N3OS/c1-8(16)12-10(13)7-11(17-12)14-9-3-5-15(2)6-4-9/h7,9,14H,3-6,13H2,1-2H3. The van der Waals surface area contributed by atoms with Gasteiger partial charge in [0.15, 0.2) is 5.78 Å². The maximum Gasteiger partial charge on any atom is 0.171 e. The monoisotopic (exact) mass is 253 g/mol. The molecule has 94 valence electrons. The Bertz CT molecular complexity index is 408. The minimum absolute atomic E-state index is 0.0453. The molecule has 0 amide bonds. The van der Waals surface area contributed by atoms with Crippen LogP contribution in [0.2, 0.25) is 0 Å². The summed E-state index contributed by atoms with van der Waals surface area (Å²) < 4.78 is 0. The van der Waals surface area contributed by atoms with E-state index in [1.54, 1.807) is 6.92 Å². The summed E-state index contributed by atoms with van der Waals surface area (Å²) in [7, 11) is 2.15. The Labute approximate surface area is 106 Å². The molecule has 0 unspecified atom stereocenters. The second-order valence-electron chi connectivity index (χ2n) is 4.67. The number of nitrogens with zero attached hydrogens (tertiary/aromatic N) is 1. The summed E-state index contributed by atoms with van der Waals surface area (Å²) in [4.78, 5) is 14.3. The first kappa shape index (κ1) is 12.4. The first-order valence-corrected chi connectivity index (χ1v) is 6.73. The second kappa shape index (κ2) is 5.06. The fourth-order valence-corrected chi connectivity index (χ4v) is 3.06. The zero-order chi connectivity index (χ0) is 12.4. The molecule has 1 aliphatic heterocycles. The third-order valence-electron chi connectivity index (χ3n) is 3.15. The largest absolute Gasteiger partial charge is 0.397 e. The van der Waals surface area contributed by atoms with Crippen LogP contribution in [0.25, 0.3) is 0 Å². The SMILES string of the molecule is CC(=O)c1sc(NC2CCN(C)CC2)cc1N. The Morgan fingerprint density at radius 3 is 2.71 bits per heavy atom. The number of nitrogens with one attached hydrogen (secondary N) is 1. The molecule has 17 heavy (non-hydrogen) atoms. The molecule has 0 aliphatic carbocycles. The smallest absolute Gasteiger partial charge is 0.171 e. The van der Waals surface area contributed by atoms with Crippen molar-refractivity contribution in [3.8, 4) is 0 Å². The van der Waals surface area contributed by atoms with Gasteiger partial charge in [-0.25, -0.2) is 0 Å². The summed E-state index contributed by atoms with van der Waals surface area (Å²) in [6, 6.07) is 2.38. The molecule has 2 rings (SSSR count). The Morgan fingerprint density at radius 2 is 2.18 bits per heavy atom. The summed E-state index contributed by atoms with van der Waals surface area (Å²) in [6.45, 7) is 3.80. The van der Waals surface area contributed by atoms with Gasteiger partial charge in [0.1, 0.15) is 0 Å². The van der Waals surface area contributed by atoms with Crippen molar-refractivity contribution >= 4 is 27.8 Å². The molecule has 0 spiro atoms. The highest BCUT2D eigenvalue weighted by molar-refractivity contribution is 7.18. The molecular weight excluding hydrogens is 234 g/mol. The van der Waals surface area contributed by atoms with E-state index in [1.807, 2.05) is 6.07 Å². The second-order valence-corrected chi connectivity index (χ2v) is 5.73. The lowest BCUT2D eigenvalue weighted by atomic mass is 10.1. The third kappa shape index (κ3) is 2.98. The molecule has 2 heterocycles. The van der Waals surface area contributed by atoms with Crippen molar-refractivity contribution in [2.75, 3.05) is 31.2 Å². The van der Waals surface area contributed by atoms with Crippen molar-refractivity contribution in [1.82, 2.24) is 4.90 Å².